The molecule has 2 nitrogen and oxygen atoms in total. The van der Waals surface area contributed by atoms with E-state index in [1.165, 1.54) is 0 Å². The van der Waals surface area contributed by atoms with E-state index in [9.17, 15) is 4.79 Å². The van der Waals surface area contributed by atoms with Gasteiger partial charge in [0.2, 0.25) is 0 Å². The average molecular weight is 249 g/mol. The van der Waals surface area contributed by atoms with Gasteiger partial charge in [-0.15, -0.1) is 0 Å². The standard InChI is InChI=1S/C17H15NO/c1-2-9-16(14-10-5-3-6-11-14)18-17(19)15-12-7-4-8-13-15/h2-13H,1H2,(H,18,19)/b16-9+. The fourth-order valence-corrected chi connectivity index (χ4v) is 1.73. The minimum atomic E-state index is -0.127. The summed E-state index contributed by atoms with van der Waals surface area (Å²) >= 11 is 0. The summed E-state index contributed by atoms with van der Waals surface area (Å²) in [6, 6.07) is 18.8. The first kappa shape index (κ1) is 12.8. The Morgan fingerprint density at radius 1 is 0.895 bits per heavy atom. The molecule has 0 atom stereocenters. The van der Waals surface area contributed by atoms with Crippen LogP contribution in [0.1, 0.15) is 15.9 Å². The van der Waals surface area contributed by atoms with Gasteiger partial charge in [-0.2, -0.15) is 0 Å². The molecule has 1 amide bonds. The highest BCUT2D eigenvalue weighted by atomic mass is 16.1. The predicted octanol–water partition coefficient (Wildman–Crippen LogP) is 3.64. The van der Waals surface area contributed by atoms with E-state index < -0.39 is 0 Å². The van der Waals surface area contributed by atoms with Gasteiger partial charge in [0.1, 0.15) is 0 Å². The zero-order chi connectivity index (χ0) is 13.5. The molecular weight excluding hydrogens is 234 g/mol. The van der Waals surface area contributed by atoms with Gasteiger partial charge in [-0.05, 0) is 23.8 Å². The van der Waals surface area contributed by atoms with E-state index in [1.807, 2.05) is 48.5 Å². The van der Waals surface area contributed by atoms with Crippen molar-refractivity contribution in [3.05, 3.63) is 90.5 Å². The second kappa shape index (κ2) is 6.36. The third-order valence-electron chi connectivity index (χ3n) is 2.65. The topological polar surface area (TPSA) is 29.1 Å². The van der Waals surface area contributed by atoms with E-state index in [0.29, 0.717) is 5.56 Å². The normalized spacial score (nSPS) is 10.8. The van der Waals surface area contributed by atoms with E-state index in [-0.39, 0.29) is 5.91 Å². The molecule has 2 aromatic carbocycles. The smallest absolute Gasteiger partial charge is 0.255 e. The van der Waals surface area contributed by atoms with Crippen molar-refractivity contribution < 1.29 is 4.79 Å². The zero-order valence-electron chi connectivity index (χ0n) is 10.5. The van der Waals surface area contributed by atoms with Gasteiger partial charge in [-0.1, -0.05) is 61.2 Å². The lowest BCUT2D eigenvalue weighted by Crippen LogP contribution is -2.21. The third-order valence-corrected chi connectivity index (χ3v) is 2.65. The molecule has 0 fully saturated rings. The molecular formula is C17H15NO. The van der Waals surface area contributed by atoms with Gasteiger partial charge in [0.05, 0.1) is 0 Å². The summed E-state index contributed by atoms with van der Waals surface area (Å²) in [5.41, 5.74) is 2.32. The summed E-state index contributed by atoms with van der Waals surface area (Å²) in [6.07, 6.45) is 3.45. The van der Waals surface area contributed by atoms with Crippen LogP contribution in [0, 0.1) is 0 Å². The first-order valence-corrected chi connectivity index (χ1v) is 6.06. The quantitative estimate of drug-likeness (QED) is 0.823. The highest BCUT2D eigenvalue weighted by Gasteiger charge is 2.07. The Labute approximate surface area is 113 Å². The van der Waals surface area contributed by atoms with Crippen molar-refractivity contribution in [2.24, 2.45) is 0 Å². The summed E-state index contributed by atoms with van der Waals surface area (Å²) < 4.78 is 0. The molecule has 19 heavy (non-hydrogen) atoms. The molecule has 0 aliphatic heterocycles. The van der Waals surface area contributed by atoms with E-state index in [1.54, 1.807) is 24.3 Å². The molecule has 0 aliphatic carbocycles. The van der Waals surface area contributed by atoms with Crippen molar-refractivity contribution >= 4 is 11.6 Å². The number of hydrogen-bond donors (Lipinski definition) is 1. The maximum absolute atomic E-state index is 12.1. The van der Waals surface area contributed by atoms with Crippen molar-refractivity contribution in [1.29, 1.82) is 0 Å². The van der Waals surface area contributed by atoms with E-state index in [4.69, 9.17) is 0 Å². The summed E-state index contributed by atoms with van der Waals surface area (Å²) in [4.78, 5) is 12.1. The lowest BCUT2D eigenvalue weighted by Gasteiger charge is -2.09. The average Bonchev–Trinajstić information content (AvgIpc) is 2.48. The van der Waals surface area contributed by atoms with Crippen LogP contribution in [0.5, 0.6) is 0 Å². The van der Waals surface area contributed by atoms with Crippen molar-refractivity contribution in [1.82, 2.24) is 5.32 Å². The molecule has 2 aromatic rings. The number of carbonyl (C=O) groups is 1. The molecule has 0 radical (unpaired) electrons. The SMILES string of the molecule is C=C/C=C(/NC(=O)c1ccccc1)c1ccccc1. The van der Waals surface area contributed by atoms with Crippen molar-refractivity contribution in [2.75, 3.05) is 0 Å². The molecule has 2 heteroatoms. The highest BCUT2D eigenvalue weighted by Crippen LogP contribution is 2.12. The van der Waals surface area contributed by atoms with Crippen LogP contribution < -0.4 is 5.32 Å². The predicted molar refractivity (Wildman–Crippen MR) is 78.5 cm³/mol. The summed E-state index contributed by atoms with van der Waals surface area (Å²) in [5, 5.41) is 2.90. The van der Waals surface area contributed by atoms with E-state index >= 15 is 0 Å². The molecule has 0 aromatic heterocycles. The minimum absolute atomic E-state index is 0.127. The number of rotatable bonds is 4. The summed E-state index contributed by atoms with van der Waals surface area (Å²) in [5.74, 6) is -0.127. The van der Waals surface area contributed by atoms with Gasteiger partial charge in [0.25, 0.3) is 5.91 Å². The molecule has 94 valence electrons. The first-order chi connectivity index (χ1) is 9.31. The molecule has 0 saturated carbocycles. The Bertz CT molecular complexity index is 585. The van der Waals surface area contributed by atoms with Gasteiger partial charge in [-0.25, -0.2) is 0 Å². The second-order valence-electron chi connectivity index (χ2n) is 4.00. The number of nitrogens with one attached hydrogen (secondary N) is 1. The lowest BCUT2D eigenvalue weighted by molar-refractivity contribution is 0.0973. The van der Waals surface area contributed by atoms with Crippen molar-refractivity contribution in [3.8, 4) is 0 Å². The summed E-state index contributed by atoms with van der Waals surface area (Å²) in [6.45, 7) is 3.68. The molecule has 0 heterocycles. The number of allylic oxidation sites excluding steroid dienone is 2. The third kappa shape index (κ3) is 3.42. The largest absolute Gasteiger partial charge is 0.321 e. The monoisotopic (exact) mass is 249 g/mol. The van der Waals surface area contributed by atoms with Gasteiger partial charge in [0, 0.05) is 11.3 Å². The fourth-order valence-electron chi connectivity index (χ4n) is 1.73. The molecule has 1 N–H and O–H groups in total. The molecule has 0 aliphatic rings. The Morgan fingerprint density at radius 3 is 1.95 bits per heavy atom. The van der Waals surface area contributed by atoms with Crippen LogP contribution in [0.3, 0.4) is 0 Å². The van der Waals surface area contributed by atoms with Crippen LogP contribution in [-0.4, -0.2) is 5.91 Å². The number of benzene rings is 2. The maximum atomic E-state index is 12.1. The van der Waals surface area contributed by atoms with Gasteiger partial charge in [-0.3, -0.25) is 4.79 Å². The molecule has 0 saturated heterocycles. The summed E-state index contributed by atoms with van der Waals surface area (Å²) in [7, 11) is 0. The maximum Gasteiger partial charge on any atom is 0.255 e. The Balaban J connectivity index is 2.22. The van der Waals surface area contributed by atoms with Crippen LogP contribution in [0.25, 0.3) is 5.70 Å². The van der Waals surface area contributed by atoms with E-state index in [0.717, 1.165) is 11.3 Å². The van der Waals surface area contributed by atoms with Crippen molar-refractivity contribution in [3.63, 3.8) is 0 Å². The second-order valence-corrected chi connectivity index (χ2v) is 4.00. The van der Waals surface area contributed by atoms with Crippen LogP contribution in [-0.2, 0) is 0 Å². The van der Waals surface area contributed by atoms with Crippen LogP contribution in [0.2, 0.25) is 0 Å². The fraction of sp³-hybridized carbons (Fsp3) is 0. The Morgan fingerprint density at radius 2 is 1.42 bits per heavy atom. The van der Waals surface area contributed by atoms with Crippen LogP contribution in [0.4, 0.5) is 0 Å². The number of carbonyl (C=O) groups excluding carboxylic acids is 1. The lowest BCUT2D eigenvalue weighted by atomic mass is 10.1. The Hall–Kier alpha value is -2.61. The van der Waals surface area contributed by atoms with Gasteiger partial charge < -0.3 is 5.32 Å². The molecule has 2 rings (SSSR count). The number of hydrogen-bond acceptors (Lipinski definition) is 1. The minimum Gasteiger partial charge on any atom is -0.321 e. The van der Waals surface area contributed by atoms with Crippen LogP contribution >= 0.6 is 0 Å². The van der Waals surface area contributed by atoms with Gasteiger partial charge >= 0.3 is 0 Å². The van der Waals surface area contributed by atoms with Gasteiger partial charge in [0.15, 0.2) is 0 Å². The van der Waals surface area contributed by atoms with E-state index in [2.05, 4.69) is 11.9 Å². The molecule has 0 bridgehead atoms. The first-order valence-electron chi connectivity index (χ1n) is 6.06. The highest BCUT2D eigenvalue weighted by molar-refractivity contribution is 5.99. The molecule has 0 unspecified atom stereocenters. The molecule has 0 spiro atoms. The van der Waals surface area contributed by atoms with Crippen LogP contribution in [0.15, 0.2) is 79.4 Å². The van der Waals surface area contributed by atoms with Crippen molar-refractivity contribution in [2.45, 2.75) is 0 Å². The number of amides is 1. The Kier molecular flexibility index (Phi) is 4.29. The zero-order valence-corrected chi connectivity index (χ0v) is 10.5.